The fourth-order valence-electron chi connectivity index (χ4n) is 3.36. The number of rotatable bonds is 9. The number of nitrogens with zero attached hydrogens (tertiary/aromatic N) is 1. The Morgan fingerprint density at radius 1 is 1.21 bits per heavy atom. The van der Waals surface area contributed by atoms with Crippen LogP contribution in [0.1, 0.15) is 50.5 Å². The third-order valence-electron chi connectivity index (χ3n) is 4.69. The van der Waals surface area contributed by atoms with Gasteiger partial charge in [0.1, 0.15) is 6.61 Å². The number of carbonyl (C=O) groups excluding carboxylic acids is 1. The lowest BCUT2D eigenvalue weighted by Gasteiger charge is -2.28. The van der Waals surface area contributed by atoms with Crippen molar-refractivity contribution >= 4 is 6.09 Å². The van der Waals surface area contributed by atoms with E-state index in [1.807, 2.05) is 36.4 Å². The molecule has 1 amide bonds. The maximum Gasteiger partial charge on any atom is 0.410 e. The van der Waals surface area contributed by atoms with E-state index in [-0.39, 0.29) is 31.4 Å². The minimum absolute atomic E-state index is 0.00734. The molecule has 0 bridgehead atoms. The highest BCUT2D eigenvalue weighted by molar-refractivity contribution is 5.69. The molecule has 2 rings (SSSR count). The summed E-state index contributed by atoms with van der Waals surface area (Å²) in [5.74, 6) is 0. The van der Waals surface area contributed by atoms with Crippen LogP contribution in [0.4, 0.5) is 4.79 Å². The number of hydrogen-bond acceptors (Lipinski definition) is 3. The predicted molar refractivity (Wildman–Crippen MR) is 95.6 cm³/mol. The zero-order chi connectivity index (χ0) is 17.2. The topological polar surface area (TPSA) is 49.8 Å². The molecule has 24 heavy (non-hydrogen) atoms. The third kappa shape index (κ3) is 5.38. The van der Waals surface area contributed by atoms with Gasteiger partial charge in [0.15, 0.2) is 0 Å². The lowest BCUT2D eigenvalue weighted by molar-refractivity contribution is 0.0631. The Kier molecular flexibility index (Phi) is 7.83. The van der Waals surface area contributed by atoms with Crippen LogP contribution in [0, 0.1) is 0 Å². The highest BCUT2D eigenvalue weighted by Gasteiger charge is 2.37. The Balaban J connectivity index is 1.84. The first-order chi connectivity index (χ1) is 11.8. The summed E-state index contributed by atoms with van der Waals surface area (Å²) in [6.07, 6.45) is 8.88. The normalized spacial score (nSPS) is 20.1. The van der Waals surface area contributed by atoms with Crippen molar-refractivity contribution < 1.29 is 14.6 Å². The van der Waals surface area contributed by atoms with Crippen LogP contribution in [-0.2, 0) is 11.3 Å². The maximum atomic E-state index is 12.5. The molecule has 1 aromatic rings. The van der Waals surface area contributed by atoms with E-state index in [1.165, 1.54) is 0 Å². The van der Waals surface area contributed by atoms with Gasteiger partial charge in [0.2, 0.25) is 0 Å². The molecule has 4 heteroatoms. The van der Waals surface area contributed by atoms with E-state index in [0.717, 1.165) is 50.5 Å². The molecule has 0 spiro atoms. The van der Waals surface area contributed by atoms with Crippen LogP contribution in [0.15, 0.2) is 43.0 Å². The fraction of sp³-hybridized carbons (Fsp3) is 0.550. The van der Waals surface area contributed by atoms with Gasteiger partial charge >= 0.3 is 6.09 Å². The second-order valence-electron chi connectivity index (χ2n) is 6.44. The van der Waals surface area contributed by atoms with Gasteiger partial charge in [-0.1, -0.05) is 49.2 Å². The zero-order valence-electron chi connectivity index (χ0n) is 14.4. The van der Waals surface area contributed by atoms with Crippen molar-refractivity contribution in [3.05, 3.63) is 48.6 Å². The number of amides is 1. The van der Waals surface area contributed by atoms with Crippen molar-refractivity contribution in [2.75, 3.05) is 6.61 Å². The van der Waals surface area contributed by atoms with E-state index in [9.17, 15) is 9.90 Å². The first-order valence-electron chi connectivity index (χ1n) is 8.97. The summed E-state index contributed by atoms with van der Waals surface area (Å²) in [6, 6.07) is 9.77. The molecule has 1 N–H and O–H groups in total. The van der Waals surface area contributed by atoms with E-state index >= 15 is 0 Å². The minimum atomic E-state index is -0.300. The van der Waals surface area contributed by atoms with E-state index in [0.29, 0.717) is 0 Å². The Labute approximate surface area is 145 Å². The molecule has 1 aliphatic heterocycles. The average Bonchev–Trinajstić information content (AvgIpc) is 3.03. The van der Waals surface area contributed by atoms with E-state index in [4.69, 9.17) is 4.74 Å². The van der Waals surface area contributed by atoms with Gasteiger partial charge in [-0.15, -0.1) is 6.58 Å². The van der Waals surface area contributed by atoms with Crippen LogP contribution in [-0.4, -0.2) is 34.8 Å². The second-order valence-corrected chi connectivity index (χ2v) is 6.44. The predicted octanol–water partition coefficient (Wildman–Crippen LogP) is 4.29. The summed E-state index contributed by atoms with van der Waals surface area (Å²) < 4.78 is 5.48. The van der Waals surface area contributed by atoms with Gasteiger partial charge in [-0.2, -0.15) is 0 Å². The molecular formula is C20H29NO3. The lowest BCUT2D eigenvalue weighted by Crippen LogP contribution is -2.43. The average molecular weight is 331 g/mol. The third-order valence-corrected chi connectivity index (χ3v) is 4.69. The van der Waals surface area contributed by atoms with Gasteiger partial charge in [0, 0.05) is 6.04 Å². The Hall–Kier alpha value is -1.81. The summed E-state index contributed by atoms with van der Waals surface area (Å²) >= 11 is 0. The van der Waals surface area contributed by atoms with Crippen molar-refractivity contribution in [3.63, 3.8) is 0 Å². The smallest absolute Gasteiger partial charge is 0.410 e. The molecule has 0 aromatic heterocycles. The van der Waals surface area contributed by atoms with Gasteiger partial charge in [-0.05, 0) is 37.7 Å². The van der Waals surface area contributed by atoms with Crippen molar-refractivity contribution in [3.8, 4) is 0 Å². The maximum absolute atomic E-state index is 12.5. The first kappa shape index (κ1) is 18.5. The van der Waals surface area contributed by atoms with E-state index in [1.54, 1.807) is 4.90 Å². The highest BCUT2D eigenvalue weighted by Crippen LogP contribution is 2.28. The number of aliphatic hydroxyl groups is 1. The molecule has 0 saturated carbocycles. The summed E-state index contributed by atoms with van der Waals surface area (Å²) in [4.78, 5) is 14.3. The van der Waals surface area contributed by atoms with Gasteiger partial charge in [0.25, 0.3) is 0 Å². The van der Waals surface area contributed by atoms with Crippen molar-refractivity contribution in [1.82, 2.24) is 4.90 Å². The van der Waals surface area contributed by atoms with Crippen molar-refractivity contribution in [2.24, 2.45) is 0 Å². The summed E-state index contributed by atoms with van der Waals surface area (Å²) in [7, 11) is 0. The van der Waals surface area contributed by atoms with Crippen molar-refractivity contribution in [2.45, 2.75) is 63.6 Å². The summed E-state index contributed by atoms with van der Waals surface area (Å²) in [5, 5.41) is 9.57. The summed E-state index contributed by atoms with van der Waals surface area (Å²) in [6.45, 7) is 4.03. The van der Waals surface area contributed by atoms with Crippen LogP contribution in [0.25, 0.3) is 0 Å². The monoisotopic (exact) mass is 331 g/mol. The molecule has 132 valence electrons. The van der Waals surface area contributed by atoms with Crippen LogP contribution in [0.2, 0.25) is 0 Å². The molecule has 1 heterocycles. The number of benzene rings is 1. The van der Waals surface area contributed by atoms with Gasteiger partial charge in [-0.3, -0.25) is 4.90 Å². The van der Waals surface area contributed by atoms with Gasteiger partial charge in [-0.25, -0.2) is 4.79 Å². The number of hydrogen-bond donors (Lipinski definition) is 1. The minimum Gasteiger partial charge on any atom is -0.445 e. The fourth-order valence-corrected chi connectivity index (χ4v) is 3.36. The molecule has 1 aromatic carbocycles. The van der Waals surface area contributed by atoms with Crippen molar-refractivity contribution in [1.29, 1.82) is 0 Å². The van der Waals surface area contributed by atoms with Gasteiger partial charge in [0.05, 0.1) is 12.6 Å². The molecule has 0 aliphatic carbocycles. The molecule has 1 fully saturated rings. The van der Waals surface area contributed by atoms with E-state index in [2.05, 4.69) is 6.58 Å². The molecule has 0 unspecified atom stereocenters. The number of likely N-dealkylation sites (tertiary alicyclic amines) is 1. The SMILES string of the molecule is C=CCCCCC[C@H]1CC[C@H](CO)N1C(=O)OCc1ccccc1. The van der Waals surface area contributed by atoms with Crippen LogP contribution in [0.3, 0.4) is 0 Å². The van der Waals surface area contributed by atoms with Gasteiger partial charge < -0.3 is 9.84 Å². The largest absolute Gasteiger partial charge is 0.445 e. The van der Waals surface area contributed by atoms with Crippen LogP contribution < -0.4 is 0 Å². The number of carbonyl (C=O) groups is 1. The number of unbranched alkanes of at least 4 members (excludes halogenated alkanes) is 3. The Bertz CT molecular complexity index is 503. The molecule has 1 aliphatic rings. The molecule has 0 radical (unpaired) electrons. The van der Waals surface area contributed by atoms with E-state index < -0.39 is 0 Å². The second kappa shape index (κ2) is 10.1. The standard InChI is InChI=1S/C20H29NO3/c1-2-3-4-5-9-12-18-13-14-19(15-22)21(18)20(23)24-16-17-10-7-6-8-11-17/h2,6-8,10-11,18-19,22H,1,3-5,9,12-16H2/t18-,19+/m0/s1. The molecule has 1 saturated heterocycles. The zero-order valence-corrected chi connectivity index (χ0v) is 14.4. The molecular weight excluding hydrogens is 302 g/mol. The first-order valence-corrected chi connectivity index (χ1v) is 8.97. The number of allylic oxidation sites excluding steroid dienone is 1. The van der Waals surface area contributed by atoms with Crippen LogP contribution in [0.5, 0.6) is 0 Å². The number of aliphatic hydroxyl groups excluding tert-OH is 1. The Morgan fingerprint density at radius 3 is 2.67 bits per heavy atom. The molecule has 4 nitrogen and oxygen atoms in total. The number of ether oxygens (including phenoxy) is 1. The highest BCUT2D eigenvalue weighted by atomic mass is 16.6. The van der Waals surface area contributed by atoms with Crippen LogP contribution >= 0.6 is 0 Å². The Morgan fingerprint density at radius 2 is 1.96 bits per heavy atom. The lowest BCUT2D eigenvalue weighted by atomic mass is 10.1. The molecule has 2 atom stereocenters. The summed E-state index contributed by atoms with van der Waals surface area (Å²) in [5.41, 5.74) is 0.978. The quantitative estimate of drug-likeness (QED) is 0.542.